The molecule has 5 nitrogen and oxygen atoms in total. The third kappa shape index (κ3) is 4.43. The Kier molecular flexibility index (Phi) is 3.40. The first-order chi connectivity index (χ1) is 5.37. The van der Waals surface area contributed by atoms with Gasteiger partial charge in [0.25, 0.3) is 0 Å². The zero-order chi connectivity index (χ0) is 9.78. The van der Waals surface area contributed by atoms with Crippen LogP contribution in [0.25, 0.3) is 0 Å². The molecule has 12 heavy (non-hydrogen) atoms. The topological polar surface area (TPSA) is 72.2 Å². The van der Waals surface area contributed by atoms with Crippen LogP contribution in [0, 0.1) is 10.1 Å². The molecule has 0 aliphatic heterocycles. The molecule has 1 N–H and O–H groups in total. The first kappa shape index (κ1) is 10.6. The molecule has 0 radical (unpaired) electrons. The summed E-state index contributed by atoms with van der Waals surface area (Å²) in [6.07, 6.45) is 1.31. The van der Waals surface area contributed by atoms with Crippen molar-refractivity contribution in [2.75, 3.05) is 0 Å². The summed E-state index contributed by atoms with van der Waals surface area (Å²) >= 11 is 0. The van der Waals surface area contributed by atoms with E-state index in [0.29, 0.717) is 0 Å². The standard InChI is InChI=1S/C7H12N2O3/c1-7(2,3)8-4-6(5-10)9(11)12/h4-5,8H,1-3H3/b6-4-. The predicted octanol–water partition coefficient (Wildman–Crippen LogP) is 0.692. The summed E-state index contributed by atoms with van der Waals surface area (Å²) in [5.74, 6) is 0. The summed E-state index contributed by atoms with van der Waals surface area (Å²) < 4.78 is 0. The molecule has 0 aromatic carbocycles. The van der Waals surface area contributed by atoms with Gasteiger partial charge in [0.15, 0.2) is 0 Å². The molecule has 0 saturated carbocycles. The van der Waals surface area contributed by atoms with Crippen molar-refractivity contribution in [2.45, 2.75) is 26.3 Å². The first-order valence-electron chi connectivity index (χ1n) is 3.44. The fraction of sp³-hybridized carbons (Fsp3) is 0.571. The van der Waals surface area contributed by atoms with Crippen LogP contribution in [0.5, 0.6) is 0 Å². The Labute approximate surface area is 70.6 Å². The normalized spacial score (nSPS) is 12.4. The predicted molar refractivity (Wildman–Crippen MR) is 44.0 cm³/mol. The Morgan fingerprint density at radius 2 is 2.00 bits per heavy atom. The van der Waals surface area contributed by atoms with Crippen LogP contribution in [0.2, 0.25) is 0 Å². The molecule has 0 atom stereocenters. The lowest BCUT2D eigenvalue weighted by Gasteiger charge is -2.17. The van der Waals surface area contributed by atoms with Crippen molar-refractivity contribution in [3.8, 4) is 0 Å². The maximum atomic E-state index is 10.1. The van der Waals surface area contributed by atoms with Gasteiger partial charge in [-0.25, -0.2) is 0 Å². The van der Waals surface area contributed by atoms with E-state index in [4.69, 9.17) is 0 Å². The quantitative estimate of drug-likeness (QED) is 0.294. The number of nitrogens with one attached hydrogen (secondary N) is 1. The van der Waals surface area contributed by atoms with E-state index in [9.17, 15) is 14.9 Å². The smallest absolute Gasteiger partial charge is 0.324 e. The molecule has 0 bridgehead atoms. The van der Waals surface area contributed by atoms with Crippen LogP contribution in [-0.4, -0.2) is 16.7 Å². The van der Waals surface area contributed by atoms with E-state index in [0.717, 1.165) is 6.20 Å². The van der Waals surface area contributed by atoms with Gasteiger partial charge in [-0.3, -0.25) is 14.9 Å². The van der Waals surface area contributed by atoms with Crippen molar-refractivity contribution in [3.63, 3.8) is 0 Å². The number of carbonyl (C=O) groups excluding carboxylic acids is 1. The van der Waals surface area contributed by atoms with Gasteiger partial charge < -0.3 is 5.32 Å². The minimum Gasteiger partial charge on any atom is -0.381 e. The number of rotatable bonds is 3. The Hall–Kier alpha value is -1.39. The summed E-state index contributed by atoms with van der Waals surface area (Å²) in [5, 5.41) is 12.8. The molecular formula is C7H12N2O3. The molecular weight excluding hydrogens is 160 g/mol. The number of hydrogen-bond donors (Lipinski definition) is 1. The van der Waals surface area contributed by atoms with Crippen LogP contribution < -0.4 is 5.32 Å². The van der Waals surface area contributed by atoms with E-state index < -0.39 is 10.6 Å². The second-order valence-electron chi connectivity index (χ2n) is 3.34. The van der Waals surface area contributed by atoms with Crippen molar-refractivity contribution in [2.24, 2.45) is 0 Å². The highest BCUT2D eigenvalue weighted by atomic mass is 16.6. The van der Waals surface area contributed by atoms with Crippen LogP contribution in [0.15, 0.2) is 11.9 Å². The molecule has 0 unspecified atom stereocenters. The first-order valence-corrected chi connectivity index (χ1v) is 3.44. The summed E-state index contributed by atoms with van der Waals surface area (Å²) in [6.45, 7) is 5.52. The molecule has 0 fully saturated rings. The zero-order valence-corrected chi connectivity index (χ0v) is 7.33. The van der Waals surface area contributed by atoms with Crippen molar-refractivity contribution in [1.29, 1.82) is 0 Å². The van der Waals surface area contributed by atoms with Gasteiger partial charge in [0, 0.05) is 5.54 Å². The molecule has 0 aliphatic carbocycles. The maximum absolute atomic E-state index is 10.1. The minimum absolute atomic E-state index is 0.207. The summed E-state index contributed by atoms with van der Waals surface area (Å²) in [6, 6.07) is 0. The highest BCUT2D eigenvalue weighted by Crippen LogP contribution is 1.99. The second-order valence-corrected chi connectivity index (χ2v) is 3.34. The van der Waals surface area contributed by atoms with E-state index in [-0.39, 0.29) is 11.8 Å². The summed E-state index contributed by atoms with van der Waals surface area (Å²) in [4.78, 5) is 19.5. The number of carbonyl (C=O) groups is 1. The van der Waals surface area contributed by atoms with Gasteiger partial charge in [0.05, 0.1) is 11.1 Å². The van der Waals surface area contributed by atoms with E-state index >= 15 is 0 Å². The molecule has 0 aromatic rings. The average Bonchev–Trinajstić information content (AvgIpc) is 1.85. The zero-order valence-electron chi connectivity index (χ0n) is 7.33. The minimum atomic E-state index is -0.730. The lowest BCUT2D eigenvalue weighted by molar-refractivity contribution is -0.417. The largest absolute Gasteiger partial charge is 0.381 e. The Bertz CT molecular complexity index is 215. The van der Waals surface area contributed by atoms with Crippen LogP contribution in [0.4, 0.5) is 0 Å². The van der Waals surface area contributed by atoms with Gasteiger partial charge in [-0.1, -0.05) is 0 Å². The van der Waals surface area contributed by atoms with Gasteiger partial charge in [0.2, 0.25) is 6.29 Å². The van der Waals surface area contributed by atoms with Crippen molar-refractivity contribution >= 4 is 6.29 Å². The fourth-order valence-corrected chi connectivity index (χ4v) is 0.420. The third-order valence-corrected chi connectivity index (χ3v) is 0.985. The Balaban J connectivity index is 4.32. The summed E-state index contributed by atoms with van der Waals surface area (Å²) in [5.41, 5.74) is -0.741. The molecule has 0 amide bonds. The molecule has 0 rings (SSSR count). The molecule has 0 saturated heterocycles. The fourth-order valence-electron chi connectivity index (χ4n) is 0.420. The van der Waals surface area contributed by atoms with Gasteiger partial charge in [-0.2, -0.15) is 0 Å². The Morgan fingerprint density at radius 1 is 1.50 bits per heavy atom. The number of aldehydes is 1. The monoisotopic (exact) mass is 172 g/mol. The summed E-state index contributed by atoms with van der Waals surface area (Å²) in [7, 11) is 0. The van der Waals surface area contributed by atoms with E-state index in [1.54, 1.807) is 0 Å². The number of nitro groups is 1. The molecule has 5 heteroatoms. The highest BCUT2D eigenvalue weighted by Gasteiger charge is 2.11. The number of nitrogens with zero attached hydrogens (tertiary/aromatic N) is 1. The maximum Gasteiger partial charge on any atom is 0.324 e. The van der Waals surface area contributed by atoms with E-state index in [1.807, 2.05) is 20.8 Å². The third-order valence-electron chi connectivity index (χ3n) is 0.985. The molecule has 68 valence electrons. The van der Waals surface area contributed by atoms with Crippen LogP contribution >= 0.6 is 0 Å². The van der Waals surface area contributed by atoms with Crippen molar-refractivity contribution < 1.29 is 9.72 Å². The van der Waals surface area contributed by atoms with Crippen molar-refractivity contribution in [1.82, 2.24) is 5.32 Å². The number of allylic oxidation sites excluding steroid dienone is 1. The van der Waals surface area contributed by atoms with Crippen LogP contribution in [0.3, 0.4) is 0 Å². The van der Waals surface area contributed by atoms with Gasteiger partial charge >= 0.3 is 5.70 Å². The molecule has 0 heterocycles. The van der Waals surface area contributed by atoms with E-state index in [2.05, 4.69) is 5.32 Å². The lowest BCUT2D eigenvalue weighted by Crippen LogP contribution is -2.32. The lowest BCUT2D eigenvalue weighted by atomic mass is 10.1. The second kappa shape index (κ2) is 3.85. The Morgan fingerprint density at radius 3 is 2.25 bits per heavy atom. The highest BCUT2D eigenvalue weighted by molar-refractivity contribution is 5.69. The number of hydrogen-bond acceptors (Lipinski definition) is 4. The van der Waals surface area contributed by atoms with Crippen LogP contribution in [-0.2, 0) is 4.79 Å². The molecule has 0 aliphatic rings. The van der Waals surface area contributed by atoms with Gasteiger partial charge in [-0.05, 0) is 20.8 Å². The average molecular weight is 172 g/mol. The van der Waals surface area contributed by atoms with Gasteiger partial charge in [0.1, 0.15) is 0 Å². The molecule has 0 aromatic heterocycles. The van der Waals surface area contributed by atoms with E-state index in [1.165, 1.54) is 0 Å². The van der Waals surface area contributed by atoms with Crippen molar-refractivity contribution in [3.05, 3.63) is 22.0 Å². The van der Waals surface area contributed by atoms with Crippen LogP contribution in [0.1, 0.15) is 20.8 Å². The van der Waals surface area contributed by atoms with Gasteiger partial charge in [-0.15, -0.1) is 0 Å². The SMILES string of the molecule is CC(C)(C)N/C=C(/C=O)[N+](=O)[O-]. The molecule has 0 spiro atoms.